The summed E-state index contributed by atoms with van der Waals surface area (Å²) in [7, 11) is 2.97. The number of methoxy groups -OCH3 is 2. The molecule has 0 unspecified atom stereocenters. The first-order chi connectivity index (χ1) is 12.9. The number of nitrogens with one attached hydrogen (secondary N) is 1. The molecule has 6 heteroatoms. The van der Waals surface area contributed by atoms with Crippen LogP contribution in [0.25, 0.3) is 0 Å². The molecule has 6 nitrogen and oxygen atoms in total. The fourth-order valence-electron chi connectivity index (χ4n) is 2.69. The Labute approximate surface area is 159 Å². The van der Waals surface area contributed by atoms with Gasteiger partial charge in [-0.3, -0.25) is 4.79 Å². The van der Waals surface area contributed by atoms with Gasteiger partial charge in [-0.05, 0) is 36.1 Å². The minimum atomic E-state index is -0.640. The third kappa shape index (κ3) is 5.00. The van der Waals surface area contributed by atoms with Crippen molar-refractivity contribution in [1.29, 1.82) is 0 Å². The van der Waals surface area contributed by atoms with E-state index in [2.05, 4.69) is 19.2 Å². The number of amides is 1. The molecule has 0 spiro atoms. The van der Waals surface area contributed by atoms with Crippen molar-refractivity contribution in [2.24, 2.45) is 0 Å². The van der Waals surface area contributed by atoms with Gasteiger partial charge < -0.3 is 19.5 Å². The molecule has 0 saturated carbocycles. The Morgan fingerprint density at radius 1 is 1.07 bits per heavy atom. The van der Waals surface area contributed by atoms with E-state index in [1.54, 1.807) is 12.1 Å². The maximum atomic E-state index is 12.3. The number of aryl methyl sites for hydroxylation is 1. The fourth-order valence-corrected chi connectivity index (χ4v) is 2.69. The molecule has 2 aromatic carbocycles. The van der Waals surface area contributed by atoms with Gasteiger partial charge in [0.05, 0.1) is 14.2 Å². The van der Waals surface area contributed by atoms with Gasteiger partial charge in [0.1, 0.15) is 17.1 Å². The lowest BCUT2D eigenvalue weighted by atomic mass is 9.98. The highest BCUT2D eigenvalue weighted by atomic mass is 16.5. The van der Waals surface area contributed by atoms with E-state index in [0.29, 0.717) is 11.5 Å². The Hall–Kier alpha value is -3.02. The molecule has 2 rings (SSSR count). The number of rotatable bonds is 7. The molecule has 0 heterocycles. The summed E-state index contributed by atoms with van der Waals surface area (Å²) in [6.07, 6.45) is 0. The summed E-state index contributed by atoms with van der Waals surface area (Å²) >= 11 is 0. The standard InChI is InChI=1S/C21H25NO5/c1-13(2)16-8-6-7-14(3)20(16)22-19(23)12-27-21(24)17-10-9-15(25-4)11-18(17)26-5/h6-11,13H,12H2,1-5H3,(H,22,23). The van der Waals surface area contributed by atoms with Crippen LogP contribution in [0.5, 0.6) is 11.5 Å². The minimum absolute atomic E-state index is 0.227. The molecule has 0 fully saturated rings. The molecule has 144 valence electrons. The molecule has 0 bridgehead atoms. The summed E-state index contributed by atoms with van der Waals surface area (Å²) in [5.74, 6) is 0.0968. The van der Waals surface area contributed by atoms with Gasteiger partial charge in [-0.1, -0.05) is 32.0 Å². The van der Waals surface area contributed by atoms with Gasteiger partial charge in [0, 0.05) is 11.8 Å². The molecular weight excluding hydrogens is 346 g/mol. The van der Waals surface area contributed by atoms with Crippen LogP contribution < -0.4 is 14.8 Å². The number of hydrogen-bond donors (Lipinski definition) is 1. The third-order valence-electron chi connectivity index (χ3n) is 4.15. The van der Waals surface area contributed by atoms with Crippen LogP contribution in [0.1, 0.15) is 41.3 Å². The summed E-state index contributed by atoms with van der Waals surface area (Å²) in [4.78, 5) is 24.6. The number of carbonyl (C=O) groups excluding carboxylic acids is 2. The van der Waals surface area contributed by atoms with Gasteiger partial charge >= 0.3 is 5.97 Å². The highest BCUT2D eigenvalue weighted by Crippen LogP contribution is 2.28. The smallest absolute Gasteiger partial charge is 0.342 e. The van der Waals surface area contributed by atoms with Crippen LogP contribution in [0.15, 0.2) is 36.4 Å². The number of anilines is 1. The van der Waals surface area contributed by atoms with Crippen LogP contribution in [0.3, 0.4) is 0 Å². The molecule has 0 aliphatic carbocycles. The van der Waals surface area contributed by atoms with Gasteiger partial charge in [-0.25, -0.2) is 4.79 Å². The third-order valence-corrected chi connectivity index (χ3v) is 4.15. The summed E-state index contributed by atoms with van der Waals surface area (Å²) < 4.78 is 15.4. The summed E-state index contributed by atoms with van der Waals surface area (Å²) in [5.41, 5.74) is 2.98. The Morgan fingerprint density at radius 3 is 2.44 bits per heavy atom. The van der Waals surface area contributed by atoms with E-state index in [1.165, 1.54) is 20.3 Å². The van der Waals surface area contributed by atoms with Crippen molar-refractivity contribution in [3.05, 3.63) is 53.1 Å². The molecule has 1 N–H and O–H groups in total. The fraction of sp³-hybridized carbons (Fsp3) is 0.333. The van der Waals surface area contributed by atoms with Crippen molar-refractivity contribution in [3.8, 4) is 11.5 Å². The van der Waals surface area contributed by atoms with E-state index in [9.17, 15) is 9.59 Å². The van der Waals surface area contributed by atoms with Gasteiger partial charge in [-0.15, -0.1) is 0 Å². The molecule has 0 radical (unpaired) electrons. The molecule has 0 saturated heterocycles. The number of ether oxygens (including phenoxy) is 3. The number of hydrogen-bond acceptors (Lipinski definition) is 5. The highest BCUT2D eigenvalue weighted by molar-refractivity contribution is 5.97. The summed E-state index contributed by atoms with van der Waals surface area (Å²) in [6, 6.07) is 10.6. The lowest BCUT2D eigenvalue weighted by Gasteiger charge is -2.16. The van der Waals surface area contributed by atoms with Crippen molar-refractivity contribution in [2.45, 2.75) is 26.7 Å². The van der Waals surface area contributed by atoms with Crippen LogP contribution in [0.2, 0.25) is 0 Å². The number of carbonyl (C=O) groups is 2. The van der Waals surface area contributed by atoms with E-state index in [-0.39, 0.29) is 18.1 Å². The van der Waals surface area contributed by atoms with Gasteiger partial charge in [0.15, 0.2) is 6.61 Å². The predicted octanol–water partition coefficient (Wildman–Crippen LogP) is 3.93. The second-order valence-corrected chi connectivity index (χ2v) is 6.38. The quantitative estimate of drug-likeness (QED) is 0.747. The average Bonchev–Trinajstić information content (AvgIpc) is 2.66. The Morgan fingerprint density at radius 2 is 1.81 bits per heavy atom. The van der Waals surface area contributed by atoms with Gasteiger partial charge in [0.25, 0.3) is 5.91 Å². The highest BCUT2D eigenvalue weighted by Gasteiger charge is 2.17. The number of esters is 1. The number of benzene rings is 2. The predicted molar refractivity (Wildman–Crippen MR) is 104 cm³/mol. The average molecular weight is 371 g/mol. The Bertz CT molecular complexity index is 829. The van der Waals surface area contributed by atoms with Crippen molar-refractivity contribution in [3.63, 3.8) is 0 Å². The van der Waals surface area contributed by atoms with E-state index >= 15 is 0 Å². The van der Waals surface area contributed by atoms with E-state index in [1.807, 2.05) is 25.1 Å². The molecule has 2 aromatic rings. The number of para-hydroxylation sites is 1. The molecule has 0 atom stereocenters. The topological polar surface area (TPSA) is 73.9 Å². The maximum Gasteiger partial charge on any atom is 0.342 e. The zero-order valence-electron chi connectivity index (χ0n) is 16.3. The van der Waals surface area contributed by atoms with Crippen LogP contribution in [-0.4, -0.2) is 32.7 Å². The molecular formula is C21H25NO5. The Kier molecular flexibility index (Phi) is 6.82. The monoisotopic (exact) mass is 371 g/mol. The van der Waals surface area contributed by atoms with Gasteiger partial charge in [0.2, 0.25) is 0 Å². The largest absolute Gasteiger partial charge is 0.497 e. The Balaban J connectivity index is 2.05. The van der Waals surface area contributed by atoms with Crippen LogP contribution >= 0.6 is 0 Å². The zero-order chi connectivity index (χ0) is 20.0. The SMILES string of the molecule is COc1ccc(C(=O)OCC(=O)Nc2c(C)cccc2C(C)C)c(OC)c1. The molecule has 1 amide bonds. The van der Waals surface area contributed by atoms with Crippen LogP contribution in [0, 0.1) is 6.92 Å². The van der Waals surface area contributed by atoms with Crippen molar-refractivity contribution in [1.82, 2.24) is 0 Å². The first kappa shape index (κ1) is 20.3. The summed E-state index contributed by atoms with van der Waals surface area (Å²) in [6.45, 7) is 5.65. The second kappa shape index (κ2) is 9.07. The van der Waals surface area contributed by atoms with E-state index in [0.717, 1.165) is 16.8 Å². The van der Waals surface area contributed by atoms with Crippen molar-refractivity contribution in [2.75, 3.05) is 26.1 Å². The zero-order valence-corrected chi connectivity index (χ0v) is 16.3. The first-order valence-electron chi connectivity index (χ1n) is 8.65. The lowest BCUT2D eigenvalue weighted by Crippen LogP contribution is -2.22. The van der Waals surface area contributed by atoms with Crippen LogP contribution in [0.4, 0.5) is 5.69 Å². The summed E-state index contributed by atoms with van der Waals surface area (Å²) in [5, 5.41) is 2.85. The van der Waals surface area contributed by atoms with Gasteiger partial charge in [-0.2, -0.15) is 0 Å². The minimum Gasteiger partial charge on any atom is -0.497 e. The molecule has 27 heavy (non-hydrogen) atoms. The van der Waals surface area contributed by atoms with Crippen molar-refractivity contribution >= 4 is 17.6 Å². The van der Waals surface area contributed by atoms with E-state index in [4.69, 9.17) is 14.2 Å². The molecule has 0 aliphatic heterocycles. The normalized spacial score (nSPS) is 10.4. The van der Waals surface area contributed by atoms with Crippen LogP contribution in [-0.2, 0) is 9.53 Å². The second-order valence-electron chi connectivity index (χ2n) is 6.38. The molecule has 0 aromatic heterocycles. The maximum absolute atomic E-state index is 12.3. The van der Waals surface area contributed by atoms with E-state index < -0.39 is 11.9 Å². The van der Waals surface area contributed by atoms with Crippen molar-refractivity contribution < 1.29 is 23.8 Å². The first-order valence-corrected chi connectivity index (χ1v) is 8.65. The lowest BCUT2D eigenvalue weighted by molar-refractivity contribution is -0.119. The molecule has 0 aliphatic rings.